The number of piperidine rings is 1. The zero-order chi connectivity index (χ0) is 19.6. The smallest absolute Gasteiger partial charge is 0.225 e. The van der Waals surface area contributed by atoms with E-state index in [1.54, 1.807) is 18.3 Å². The molecule has 0 aliphatic carbocycles. The summed E-state index contributed by atoms with van der Waals surface area (Å²) < 4.78 is 24.6. The summed E-state index contributed by atoms with van der Waals surface area (Å²) >= 11 is 0. The molecule has 2 aromatic rings. The Balaban J connectivity index is 2.02. The van der Waals surface area contributed by atoms with E-state index in [9.17, 15) is 13.2 Å². The van der Waals surface area contributed by atoms with Gasteiger partial charge in [-0.25, -0.2) is 18.4 Å². The van der Waals surface area contributed by atoms with Gasteiger partial charge in [0.15, 0.2) is 15.7 Å². The summed E-state index contributed by atoms with van der Waals surface area (Å²) in [5, 5.41) is 0. The molecule has 1 saturated heterocycles. The lowest BCUT2D eigenvalue weighted by molar-refractivity contribution is -0.135. The largest absolute Gasteiger partial charge is 0.342 e. The van der Waals surface area contributed by atoms with Crippen LogP contribution in [0.3, 0.4) is 0 Å². The van der Waals surface area contributed by atoms with Crippen LogP contribution in [0.1, 0.15) is 38.3 Å². The minimum atomic E-state index is -3.48. The Morgan fingerprint density at radius 2 is 2.04 bits per heavy atom. The van der Waals surface area contributed by atoms with Crippen LogP contribution in [-0.2, 0) is 14.6 Å². The van der Waals surface area contributed by atoms with Crippen LogP contribution in [0.25, 0.3) is 11.5 Å². The van der Waals surface area contributed by atoms with Gasteiger partial charge < -0.3 is 4.90 Å². The van der Waals surface area contributed by atoms with E-state index < -0.39 is 9.84 Å². The van der Waals surface area contributed by atoms with Gasteiger partial charge in [-0.3, -0.25) is 9.78 Å². The van der Waals surface area contributed by atoms with Crippen LogP contribution in [0.4, 0.5) is 0 Å². The van der Waals surface area contributed by atoms with Crippen molar-refractivity contribution >= 4 is 15.7 Å². The molecule has 0 aromatic carbocycles. The second-order valence-electron chi connectivity index (χ2n) is 7.21. The number of carbonyl (C=O) groups excluding carboxylic acids is 1. The van der Waals surface area contributed by atoms with Crippen molar-refractivity contribution in [2.75, 3.05) is 19.3 Å². The monoisotopic (exact) mass is 388 g/mol. The quantitative estimate of drug-likeness (QED) is 0.798. The van der Waals surface area contributed by atoms with Crippen LogP contribution >= 0.6 is 0 Å². The molecule has 7 nitrogen and oxygen atoms in total. The van der Waals surface area contributed by atoms with Crippen LogP contribution < -0.4 is 0 Å². The molecule has 1 amide bonds. The molecule has 3 heterocycles. The second-order valence-corrected chi connectivity index (χ2v) is 9.19. The predicted octanol–water partition coefficient (Wildman–Crippen LogP) is 2.30. The van der Waals surface area contributed by atoms with Crippen molar-refractivity contribution < 1.29 is 13.2 Å². The summed E-state index contributed by atoms with van der Waals surface area (Å²) in [5.74, 6) is 0.245. The summed E-state index contributed by atoms with van der Waals surface area (Å²) in [6, 6.07) is 5.42. The van der Waals surface area contributed by atoms with E-state index in [0.29, 0.717) is 30.3 Å². The predicted molar refractivity (Wildman–Crippen MR) is 102 cm³/mol. The average Bonchev–Trinajstić information content (AvgIpc) is 2.67. The minimum absolute atomic E-state index is 0.0830. The van der Waals surface area contributed by atoms with E-state index in [1.807, 2.05) is 24.8 Å². The van der Waals surface area contributed by atoms with Gasteiger partial charge in [0.2, 0.25) is 5.91 Å². The van der Waals surface area contributed by atoms with E-state index in [4.69, 9.17) is 0 Å². The van der Waals surface area contributed by atoms with E-state index in [1.165, 1.54) is 6.20 Å². The van der Waals surface area contributed by atoms with E-state index in [2.05, 4.69) is 15.0 Å². The molecule has 144 valence electrons. The molecule has 1 aliphatic heterocycles. The van der Waals surface area contributed by atoms with Gasteiger partial charge in [0.1, 0.15) is 10.6 Å². The Labute approximate surface area is 159 Å². The van der Waals surface area contributed by atoms with E-state index in [-0.39, 0.29) is 22.6 Å². The number of rotatable bonds is 4. The molecule has 1 unspecified atom stereocenters. The Morgan fingerprint density at radius 1 is 1.26 bits per heavy atom. The molecule has 27 heavy (non-hydrogen) atoms. The van der Waals surface area contributed by atoms with E-state index >= 15 is 0 Å². The van der Waals surface area contributed by atoms with Crippen molar-refractivity contribution in [2.24, 2.45) is 5.92 Å². The lowest BCUT2D eigenvalue weighted by atomic mass is 9.93. The molecule has 0 spiro atoms. The normalized spacial score (nSPS) is 17.9. The molecule has 8 heteroatoms. The first kappa shape index (κ1) is 19.4. The number of likely N-dealkylation sites (tertiary alicyclic amines) is 1. The number of pyridine rings is 1. The van der Waals surface area contributed by atoms with Crippen LogP contribution in [0.5, 0.6) is 0 Å². The third kappa shape index (κ3) is 4.32. The molecular formula is C19H24N4O3S. The van der Waals surface area contributed by atoms with Gasteiger partial charge in [-0.05, 0) is 25.0 Å². The molecular weight excluding hydrogens is 364 g/mol. The highest BCUT2D eigenvalue weighted by Crippen LogP contribution is 2.31. The first-order valence-electron chi connectivity index (χ1n) is 9.04. The number of hydrogen-bond donors (Lipinski definition) is 0. The Bertz CT molecular complexity index is 929. The standard InChI is InChI=1S/C19H24N4O3S/c1-13(2)19(24)23-10-6-7-14(12-23)17-16(27(3,25)26)11-21-18(22-17)15-8-4-5-9-20-15/h4-5,8-9,11,13-14H,6-7,10,12H2,1-3H3. The first-order valence-corrected chi connectivity index (χ1v) is 10.9. The summed E-state index contributed by atoms with van der Waals surface area (Å²) in [4.78, 5) is 27.4. The van der Waals surface area contributed by atoms with Crippen molar-refractivity contribution in [3.8, 4) is 11.5 Å². The zero-order valence-corrected chi connectivity index (χ0v) is 16.6. The summed E-state index contributed by atoms with van der Waals surface area (Å²) in [6.07, 6.45) is 5.77. The van der Waals surface area contributed by atoms with Gasteiger partial charge >= 0.3 is 0 Å². The van der Waals surface area contributed by atoms with Gasteiger partial charge in [0.25, 0.3) is 0 Å². The fourth-order valence-electron chi connectivity index (χ4n) is 3.35. The molecule has 0 saturated carbocycles. The molecule has 0 N–H and O–H groups in total. The van der Waals surface area contributed by atoms with Crippen molar-refractivity contribution in [1.82, 2.24) is 19.9 Å². The number of sulfone groups is 1. The highest BCUT2D eigenvalue weighted by Gasteiger charge is 2.31. The third-order valence-electron chi connectivity index (χ3n) is 4.69. The number of nitrogens with zero attached hydrogens (tertiary/aromatic N) is 4. The molecule has 2 aromatic heterocycles. The third-order valence-corrected chi connectivity index (χ3v) is 5.80. The van der Waals surface area contributed by atoms with Crippen molar-refractivity contribution in [3.05, 3.63) is 36.3 Å². The van der Waals surface area contributed by atoms with Gasteiger partial charge in [0.05, 0.1) is 5.69 Å². The number of amides is 1. The van der Waals surface area contributed by atoms with Crippen molar-refractivity contribution in [2.45, 2.75) is 37.5 Å². The maximum atomic E-state index is 12.4. The molecule has 1 atom stereocenters. The van der Waals surface area contributed by atoms with Gasteiger partial charge in [-0.15, -0.1) is 0 Å². The molecule has 3 rings (SSSR count). The SMILES string of the molecule is CC(C)C(=O)N1CCCC(c2nc(-c3ccccn3)ncc2S(C)(=O)=O)C1. The lowest BCUT2D eigenvalue weighted by Crippen LogP contribution is -2.41. The van der Waals surface area contributed by atoms with Gasteiger partial charge in [0, 0.05) is 43.6 Å². The topological polar surface area (TPSA) is 93.1 Å². The molecule has 0 radical (unpaired) electrons. The second kappa shape index (κ2) is 7.72. The van der Waals surface area contributed by atoms with Gasteiger partial charge in [-0.1, -0.05) is 19.9 Å². The number of hydrogen-bond acceptors (Lipinski definition) is 6. The van der Waals surface area contributed by atoms with Gasteiger partial charge in [-0.2, -0.15) is 0 Å². The van der Waals surface area contributed by atoms with Crippen LogP contribution in [0, 0.1) is 5.92 Å². The highest BCUT2D eigenvalue weighted by molar-refractivity contribution is 7.90. The van der Waals surface area contributed by atoms with Crippen molar-refractivity contribution in [1.29, 1.82) is 0 Å². The Kier molecular flexibility index (Phi) is 5.55. The van der Waals surface area contributed by atoms with E-state index in [0.717, 1.165) is 19.1 Å². The Hall–Kier alpha value is -2.35. The zero-order valence-electron chi connectivity index (χ0n) is 15.8. The maximum absolute atomic E-state index is 12.4. The maximum Gasteiger partial charge on any atom is 0.225 e. The first-order chi connectivity index (χ1) is 12.8. The minimum Gasteiger partial charge on any atom is -0.342 e. The fraction of sp³-hybridized carbons (Fsp3) is 0.474. The van der Waals surface area contributed by atoms with Crippen molar-refractivity contribution in [3.63, 3.8) is 0 Å². The number of aromatic nitrogens is 3. The molecule has 1 aliphatic rings. The molecule has 1 fully saturated rings. The van der Waals surface area contributed by atoms with Crippen LogP contribution in [-0.4, -0.2) is 53.5 Å². The fourth-order valence-corrected chi connectivity index (χ4v) is 4.18. The summed E-state index contributed by atoms with van der Waals surface area (Å²) in [5.41, 5.74) is 1.07. The highest BCUT2D eigenvalue weighted by atomic mass is 32.2. The van der Waals surface area contributed by atoms with Crippen LogP contribution in [0.15, 0.2) is 35.5 Å². The number of carbonyl (C=O) groups is 1. The lowest BCUT2D eigenvalue weighted by Gasteiger charge is -2.34. The Morgan fingerprint density at radius 3 is 2.67 bits per heavy atom. The summed E-state index contributed by atoms with van der Waals surface area (Å²) in [6.45, 7) is 4.91. The average molecular weight is 388 g/mol. The summed E-state index contributed by atoms with van der Waals surface area (Å²) in [7, 11) is -3.48. The van der Waals surface area contributed by atoms with Crippen LogP contribution in [0.2, 0.25) is 0 Å². The molecule has 0 bridgehead atoms.